The number of imide groups is 1. The molecule has 42 heavy (non-hydrogen) atoms. The van der Waals surface area contributed by atoms with Crippen LogP contribution in [0.5, 0.6) is 0 Å². The van der Waals surface area contributed by atoms with Gasteiger partial charge in [-0.05, 0) is 62.4 Å². The molecule has 10 nitrogen and oxygen atoms in total. The van der Waals surface area contributed by atoms with Gasteiger partial charge in [-0.2, -0.15) is 5.10 Å². The van der Waals surface area contributed by atoms with Gasteiger partial charge in [-0.1, -0.05) is 92.8 Å². The number of piperidine rings is 1. The fraction of sp³-hybridized carbons (Fsp3) is 0.500. The lowest BCUT2D eigenvalue weighted by atomic mass is 9.86. The van der Waals surface area contributed by atoms with Crippen LogP contribution in [-0.2, 0) is 12.1 Å². The molecule has 1 saturated heterocycles. The molecule has 226 valence electrons. The van der Waals surface area contributed by atoms with Gasteiger partial charge in [-0.3, -0.25) is 4.68 Å². The first-order valence-electron chi connectivity index (χ1n) is 15.1. The summed E-state index contributed by atoms with van der Waals surface area (Å²) in [5, 5.41) is 34.4. The second kappa shape index (κ2) is 15.5. The fourth-order valence-corrected chi connectivity index (χ4v) is 5.75. The highest BCUT2D eigenvalue weighted by molar-refractivity contribution is 5.85. The van der Waals surface area contributed by atoms with Crippen molar-refractivity contribution in [1.82, 2.24) is 24.6 Å². The van der Waals surface area contributed by atoms with Crippen LogP contribution in [0.1, 0.15) is 74.7 Å². The third-order valence-electron chi connectivity index (χ3n) is 8.21. The minimum atomic E-state index is -1.42. The summed E-state index contributed by atoms with van der Waals surface area (Å²) >= 11 is 0. The Morgan fingerprint density at radius 3 is 1.88 bits per heavy atom. The molecular weight excluding hydrogens is 534 g/mol. The molecule has 10 heteroatoms. The zero-order valence-corrected chi connectivity index (χ0v) is 24.2. The maximum absolute atomic E-state index is 11.9. The molecule has 4 rings (SSSR count). The van der Waals surface area contributed by atoms with Gasteiger partial charge in [-0.15, -0.1) is 0 Å². The minimum Gasteiger partial charge on any atom is -0.465 e. The first-order valence-corrected chi connectivity index (χ1v) is 15.1. The molecule has 0 bridgehead atoms. The first kappa shape index (κ1) is 31.2. The van der Waals surface area contributed by atoms with Gasteiger partial charge in [0.15, 0.2) is 11.4 Å². The second-order valence-electron chi connectivity index (χ2n) is 11.2. The number of amides is 2. The summed E-state index contributed by atoms with van der Waals surface area (Å²) in [5.74, 6) is 0.912. The third kappa shape index (κ3) is 8.39. The molecule has 3 aromatic rings. The summed E-state index contributed by atoms with van der Waals surface area (Å²) in [4.78, 5) is 29.3. The van der Waals surface area contributed by atoms with Crippen molar-refractivity contribution in [2.45, 2.75) is 69.9 Å². The largest absolute Gasteiger partial charge is 0.465 e. The number of unbranched alkanes of at least 4 members (excludes halogenated alkanes) is 6. The van der Waals surface area contributed by atoms with Crippen LogP contribution in [0.3, 0.4) is 0 Å². The van der Waals surface area contributed by atoms with E-state index in [1.54, 1.807) is 6.33 Å². The lowest BCUT2D eigenvalue weighted by molar-refractivity contribution is 0.114. The summed E-state index contributed by atoms with van der Waals surface area (Å²) in [7, 11) is 0. The molecule has 0 unspecified atom stereocenters. The van der Waals surface area contributed by atoms with Crippen molar-refractivity contribution in [3.05, 3.63) is 83.9 Å². The number of aliphatic hydroxyl groups is 1. The molecule has 0 aliphatic carbocycles. The molecule has 1 aliphatic heterocycles. The number of hydrogen-bond donors (Lipinski definition) is 3. The Labute approximate surface area is 247 Å². The third-order valence-corrected chi connectivity index (χ3v) is 8.21. The van der Waals surface area contributed by atoms with Crippen LogP contribution in [-0.4, -0.2) is 78.2 Å². The number of hydrogen-bond acceptors (Lipinski definition) is 6. The van der Waals surface area contributed by atoms with E-state index in [-0.39, 0.29) is 6.54 Å². The van der Waals surface area contributed by atoms with Crippen molar-refractivity contribution < 1.29 is 24.9 Å². The Kier molecular flexibility index (Phi) is 11.5. The number of likely N-dealkylation sites (tertiary alicyclic amines) is 1. The zero-order chi connectivity index (χ0) is 29.8. The Morgan fingerprint density at radius 1 is 0.810 bits per heavy atom. The van der Waals surface area contributed by atoms with E-state index in [0.29, 0.717) is 23.1 Å². The number of carbonyl (C=O) groups is 2. The van der Waals surface area contributed by atoms with E-state index < -0.39 is 17.8 Å². The molecular formula is C32H43N5O5. The van der Waals surface area contributed by atoms with E-state index in [1.165, 1.54) is 12.8 Å². The molecule has 0 spiro atoms. The lowest BCUT2D eigenvalue weighted by Gasteiger charge is -2.31. The number of nitrogens with zero attached hydrogens (tertiary/aromatic N) is 5. The van der Waals surface area contributed by atoms with Crippen molar-refractivity contribution >= 4 is 12.2 Å². The molecule has 0 saturated carbocycles. The Morgan fingerprint density at radius 2 is 1.33 bits per heavy atom. The van der Waals surface area contributed by atoms with Gasteiger partial charge in [0.2, 0.25) is 0 Å². The van der Waals surface area contributed by atoms with Gasteiger partial charge < -0.3 is 20.2 Å². The number of benzene rings is 2. The van der Waals surface area contributed by atoms with Crippen LogP contribution >= 0.6 is 0 Å². The molecule has 1 aromatic heterocycles. The number of carboxylic acid groups (broad SMARTS) is 2. The lowest BCUT2D eigenvalue weighted by Crippen LogP contribution is -2.35. The Hall–Kier alpha value is -3.76. The highest BCUT2D eigenvalue weighted by Gasteiger charge is 2.38. The normalized spacial score (nSPS) is 14.6. The van der Waals surface area contributed by atoms with Gasteiger partial charge in [0.05, 0.1) is 0 Å². The SMILES string of the molecule is O=C(O)N(CCCCCCCCCN1CCC(Cn2cnc(C(O)(c3ccccc3)c3ccccc3)n2)CC1)C(=O)O. The fourth-order valence-electron chi connectivity index (χ4n) is 5.75. The smallest absolute Gasteiger partial charge is 0.416 e. The van der Waals surface area contributed by atoms with E-state index in [1.807, 2.05) is 65.3 Å². The summed E-state index contributed by atoms with van der Waals surface area (Å²) in [5.41, 5.74) is 0.0640. The maximum atomic E-state index is 11.9. The Balaban J connectivity index is 1.15. The second-order valence-corrected chi connectivity index (χ2v) is 11.2. The molecule has 0 atom stereocenters. The van der Waals surface area contributed by atoms with Crippen LogP contribution in [0.2, 0.25) is 0 Å². The van der Waals surface area contributed by atoms with Crippen LogP contribution in [0, 0.1) is 5.92 Å². The molecule has 1 fully saturated rings. The van der Waals surface area contributed by atoms with E-state index in [4.69, 9.17) is 15.3 Å². The molecule has 0 radical (unpaired) electrons. The maximum Gasteiger partial charge on any atom is 0.416 e. The molecule has 2 amide bonds. The van der Waals surface area contributed by atoms with E-state index in [9.17, 15) is 14.7 Å². The van der Waals surface area contributed by atoms with Gasteiger partial charge in [0.25, 0.3) is 0 Å². The monoisotopic (exact) mass is 577 g/mol. The first-order chi connectivity index (χ1) is 20.4. The van der Waals surface area contributed by atoms with Crippen molar-refractivity contribution in [3.63, 3.8) is 0 Å². The van der Waals surface area contributed by atoms with E-state index in [0.717, 1.165) is 75.8 Å². The van der Waals surface area contributed by atoms with Gasteiger partial charge >= 0.3 is 12.2 Å². The predicted molar refractivity (Wildman–Crippen MR) is 159 cm³/mol. The summed E-state index contributed by atoms with van der Waals surface area (Å²) in [6.45, 7) is 4.09. The van der Waals surface area contributed by atoms with Crippen LogP contribution in [0.25, 0.3) is 0 Å². The molecule has 1 aliphatic rings. The van der Waals surface area contributed by atoms with Crippen LogP contribution < -0.4 is 0 Å². The van der Waals surface area contributed by atoms with Crippen molar-refractivity contribution in [1.29, 1.82) is 0 Å². The summed E-state index contributed by atoms with van der Waals surface area (Å²) in [6, 6.07) is 19.2. The highest BCUT2D eigenvalue weighted by Crippen LogP contribution is 2.34. The molecule has 2 aromatic carbocycles. The minimum absolute atomic E-state index is 0.0439. The summed E-state index contributed by atoms with van der Waals surface area (Å²) < 4.78 is 1.88. The Bertz CT molecular complexity index is 1190. The quantitative estimate of drug-likeness (QED) is 0.197. The van der Waals surface area contributed by atoms with Crippen molar-refractivity contribution in [3.8, 4) is 0 Å². The molecule has 3 N–H and O–H groups in total. The van der Waals surface area contributed by atoms with Gasteiger partial charge in [-0.25, -0.2) is 19.5 Å². The van der Waals surface area contributed by atoms with Crippen molar-refractivity contribution in [2.75, 3.05) is 26.2 Å². The zero-order valence-electron chi connectivity index (χ0n) is 24.2. The number of rotatable bonds is 15. The van der Waals surface area contributed by atoms with Gasteiger partial charge in [0, 0.05) is 13.1 Å². The van der Waals surface area contributed by atoms with E-state index >= 15 is 0 Å². The predicted octanol–water partition coefficient (Wildman–Crippen LogP) is 5.66. The topological polar surface area (TPSA) is 132 Å². The van der Waals surface area contributed by atoms with Gasteiger partial charge in [0.1, 0.15) is 6.33 Å². The van der Waals surface area contributed by atoms with Crippen molar-refractivity contribution in [2.24, 2.45) is 5.92 Å². The molecule has 2 heterocycles. The average molecular weight is 578 g/mol. The van der Waals surface area contributed by atoms with E-state index in [2.05, 4.69) is 9.88 Å². The summed E-state index contributed by atoms with van der Waals surface area (Å²) in [6.07, 6.45) is 8.13. The average Bonchev–Trinajstić information content (AvgIpc) is 3.48. The van der Waals surface area contributed by atoms with Crippen LogP contribution in [0.15, 0.2) is 67.0 Å². The standard InChI is InChI=1S/C32H43N5O5/c38-30(39)37(31(40)41)21-13-5-3-1-2-4-12-20-35-22-18-26(19-23-35)24-36-25-33-29(34-36)32(42,27-14-8-6-9-15-27)28-16-10-7-11-17-28/h6-11,14-17,25-26,42H,1-5,12-13,18-24H2,(H,38,39)(H,40,41). The van der Waals surface area contributed by atoms with Crippen LogP contribution in [0.4, 0.5) is 9.59 Å². The highest BCUT2D eigenvalue weighted by atomic mass is 16.4. The number of aromatic nitrogens is 3.